The molecule has 0 aliphatic carbocycles. The van der Waals surface area contributed by atoms with Crippen molar-refractivity contribution in [3.8, 4) is 11.5 Å². The van der Waals surface area contributed by atoms with Crippen LogP contribution < -0.4 is 14.8 Å². The zero-order chi connectivity index (χ0) is 19.5. The molecule has 0 spiro atoms. The largest absolute Gasteiger partial charge is 0.490 e. The number of aliphatic hydroxyl groups is 1. The first-order valence-electron chi connectivity index (χ1n) is 8.86. The molecule has 148 valence electrons. The van der Waals surface area contributed by atoms with Gasteiger partial charge in [-0.25, -0.2) is 0 Å². The van der Waals surface area contributed by atoms with Gasteiger partial charge in [-0.2, -0.15) is 0 Å². The lowest BCUT2D eigenvalue weighted by Gasteiger charge is -2.16. The van der Waals surface area contributed by atoms with Crippen LogP contribution in [0.25, 0.3) is 0 Å². The van der Waals surface area contributed by atoms with Gasteiger partial charge < -0.3 is 24.6 Å². The summed E-state index contributed by atoms with van der Waals surface area (Å²) in [5.41, 5.74) is 1.80. The molecule has 0 saturated carbocycles. The van der Waals surface area contributed by atoms with Crippen LogP contribution in [0, 0.1) is 0 Å². The molecule has 0 fully saturated rings. The summed E-state index contributed by atoms with van der Waals surface area (Å²) in [6, 6.07) is 11.2. The summed E-state index contributed by atoms with van der Waals surface area (Å²) in [6.07, 6.45) is 0. The third kappa shape index (κ3) is 7.20. The molecule has 2 aromatic rings. The highest BCUT2D eigenvalue weighted by Crippen LogP contribution is 2.34. The lowest BCUT2D eigenvalue weighted by atomic mass is 10.2. The van der Waals surface area contributed by atoms with Crippen molar-refractivity contribution in [2.75, 3.05) is 33.0 Å². The summed E-state index contributed by atoms with van der Waals surface area (Å²) in [5, 5.41) is 13.2. The van der Waals surface area contributed by atoms with E-state index in [9.17, 15) is 0 Å². The Labute approximate surface area is 170 Å². The molecule has 0 aromatic heterocycles. The molecule has 5 nitrogen and oxygen atoms in total. The van der Waals surface area contributed by atoms with E-state index >= 15 is 0 Å². The summed E-state index contributed by atoms with van der Waals surface area (Å²) in [4.78, 5) is 0. The van der Waals surface area contributed by atoms with E-state index in [4.69, 9.17) is 42.5 Å². The molecule has 0 aliphatic rings. The highest BCUT2D eigenvalue weighted by atomic mass is 35.5. The second-order valence-electron chi connectivity index (χ2n) is 5.72. The van der Waals surface area contributed by atoms with Gasteiger partial charge in [-0.1, -0.05) is 41.4 Å². The van der Waals surface area contributed by atoms with Crippen LogP contribution in [0.2, 0.25) is 10.0 Å². The van der Waals surface area contributed by atoms with Gasteiger partial charge in [-0.05, 0) is 24.6 Å². The molecule has 0 aliphatic heterocycles. The van der Waals surface area contributed by atoms with Crippen LogP contribution in [-0.2, 0) is 17.9 Å². The van der Waals surface area contributed by atoms with Crippen LogP contribution in [0.4, 0.5) is 0 Å². The first-order chi connectivity index (χ1) is 13.2. The fraction of sp³-hybridized carbons (Fsp3) is 0.400. The Morgan fingerprint density at radius 1 is 0.963 bits per heavy atom. The van der Waals surface area contributed by atoms with Gasteiger partial charge in [0.1, 0.15) is 6.61 Å². The minimum Gasteiger partial charge on any atom is -0.490 e. The monoisotopic (exact) mass is 413 g/mol. The predicted molar refractivity (Wildman–Crippen MR) is 108 cm³/mol. The van der Waals surface area contributed by atoms with E-state index in [0.717, 1.165) is 11.1 Å². The number of hydrogen-bond donors (Lipinski definition) is 2. The average molecular weight is 414 g/mol. The third-order valence-electron chi connectivity index (χ3n) is 3.73. The normalized spacial score (nSPS) is 10.8. The fourth-order valence-corrected chi connectivity index (χ4v) is 2.81. The zero-order valence-electron chi connectivity index (χ0n) is 15.3. The smallest absolute Gasteiger partial charge is 0.163 e. The Balaban J connectivity index is 2.00. The molecule has 0 atom stereocenters. The number of rotatable bonds is 12. The Morgan fingerprint density at radius 2 is 1.74 bits per heavy atom. The van der Waals surface area contributed by atoms with Crippen LogP contribution >= 0.6 is 23.2 Å². The second-order valence-corrected chi connectivity index (χ2v) is 6.53. The summed E-state index contributed by atoms with van der Waals surface area (Å²) >= 11 is 12.6. The molecule has 2 aromatic carbocycles. The van der Waals surface area contributed by atoms with Gasteiger partial charge in [0, 0.05) is 34.8 Å². The van der Waals surface area contributed by atoms with E-state index in [1.165, 1.54) is 0 Å². The average Bonchev–Trinajstić information content (AvgIpc) is 2.66. The van der Waals surface area contributed by atoms with Gasteiger partial charge in [0.05, 0.1) is 26.4 Å². The Morgan fingerprint density at radius 3 is 2.48 bits per heavy atom. The SMILES string of the molecule is CCOc1cc(CNCCOCCO)c(Cl)cc1OCc1ccccc1Cl. The fourth-order valence-electron chi connectivity index (χ4n) is 2.40. The summed E-state index contributed by atoms with van der Waals surface area (Å²) in [6.45, 7) is 4.89. The van der Waals surface area contributed by atoms with Gasteiger partial charge >= 0.3 is 0 Å². The number of ether oxygens (including phenoxy) is 3. The number of benzene rings is 2. The summed E-state index contributed by atoms with van der Waals surface area (Å²) in [5.74, 6) is 1.22. The van der Waals surface area contributed by atoms with E-state index in [0.29, 0.717) is 61.1 Å². The first-order valence-corrected chi connectivity index (χ1v) is 9.62. The molecular weight excluding hydrogens is 389 g/mol. The minimum atomic E-state index is 0.0270. The zero-order valence-corrected chi connectivity index (χ0v) is 16.9. The first kappa shape index (κ1) is 21.8. The third-order valence-corrected chi connectivity index (χ3v) is 4.45. The molecular formula is C20H25Cl2NO4. The highest BCUT2D eigenvalue weighted by molar-refractivity contribution is 6.31. The van der Waals surface area contributed by atoms with Crippen LogP contribution in [0.15, 0.2) is 36.4 Å². The van der Waals surface area contributed by atoms with Crippen molar-refractivity contribution >= 4 is 23.2 Å². The van der Waals surface area contributed by atoms with Crippen molar-refractivity contribution in [3.05, 3.63) is 57.6 Å². The highest BCUT2D eigenvalue weighted by Gasteiger charge is 2.12. The minimum absolute atomic E-state index is 0.0270. The molecule has 2 rings (SSSR count). The van der Waals surface area contributed by atoms with Gasteiger partial charge in [0.2, 0.25) is 0 Å². The Hall–Kier alpha value is -1.50. The second kappa shape index (κ2) is 12.1. The Bertz CT molecular complexity index is 712. The van der Waals surface area contributed by atoms with E-state index in [1.807, 2.05) is 37.3 Å². The van der Waals surface area contributed by atoms with E-state index in [1.54, 1.807) is 6.07 Å². The maximum absolute atomic E-state index is 8.68. The number of hydrogen-bond acceptors (Lipinski definition) is 5. The van der Waals surface area contributed by atoms with Crippen molar-refractivity contribution in [1.29, 1.82) is 0 Å². The van der Waals surface area contributed by atoms with E-state index in [2.05, 4.69) is 5.32 Å². The Kier molecular flexibility index (Phi) is 9.73. The number of halogens is 2. The van der Waals surface area contributed by atoms with Crippen molar-refractivity contribution in [2.24, 2.45) is 0 Å². The van der Waals surface area contributed by atoms with Crippen LogP contribution in [0.5, 0.6) is 11.5 Å². The molecule has 0 bridgehead atoms. The van der Waals surface area contributed by atoms with Crippen molar-refractivity contribution in [1.82, 2.24) is 5.32 Å². The lowest BCUT2D eigenvalue weighted by Crippen LogP contribution is -2.20. The summed E-state index contributed by atoms with van der Waals surface area (Å²) < 4.78 is 16.8. The van der Waals surface area contributed by atoms with Crippen molar-refractivity contribution < 1.29 is 19.3 Å². The van der Waals surface area contributed by atoms with Crippen LogP contribution in [0.1, 0.15) is 18.1 Å². The molecule has 0 radical (unpaired) electrons. The maximum atomic E-state index is 8.68. The van der Waals surface area contributed by atoms with Crippen LogP contribution in [-0.4, -0.2) is 38.1 Å². The number of nitrogens with one attached hydrogen (secondary N) is 1. The molecule has 0 saturated heterocycles. The quantitative estimate of drug-likeness (QED) is 0.513. The molecule has 27 heavy (non-hydrogen) atoms. The molecule has 2 N–H and O–H groups in total. The predicted octanol–water partition coefficient (Wildman–Crippen LogP) is 4.07. The molecule has 0 amide bonds. The molecule has 0 heterocycles. The van der Waals surface area contributed by atoms with Crippen molar-refractivity contribution in [3.63, 3.8) is 0 Å². The van der Waals surface area contributed by atoms with Crippen molar-refractivity contribution in [2.45, 2.75) is 20.1 Å². The van der Waals surface area contributed by atoms with E-state index < -0.39 is 0 Å². The maximum Gasteiger partial charge on any atom is 0.163 e. The van der Waals surface area contributed by atoms with Gasteiger partial charge in [-0.3, -0.25) is 0 Å². The molecule has 0 unspecified atom stereocenters. The molecule has 7 heteroatoms. The van der Waals surface area contributed by atoms with Gasteiger partial charge in [-0.15, -0.1) is 0 Å². The number of aliphatic hydroxyl groups excluding tert-OH is 1. The topological polar surface area (TPSA) is 60.0 Å². The van der Waals surface area contributed by atoms with Gasteiger partial charge in [0.25, 0.3) is 0 Å². The lowest BCUT2D eigenvalue weighted by molar-refractivity contribution is 0.0938. The van der Waals surface area contributed by atoms with Crippen LogP contribution in [0.3, 0.4) is 0 Å². The van der Waals surface area contributed by atoms with Gasteiger partial charge in [0.15, 0.2) is 11.5 Å². The van der Waals surface area contributed by atoms with E-state index in [-0.39, 0.29) is 6.61 Å². The summed E-state index contributed by atoms with van der Waals surface area (Å²) in [7, 11) is 0. The standard InChI is InChI=1S/C20H25Cl2NO4/c1-2-26-19-11-16(13-23-7-9-25-10-8-24)18(22)12-20(19)27-14-15-5-3-4-6-17(15)21/h3-6,11-12,23-24H,2,7-10,13-14H2,1H3.